The predicted molar refractivity (Wildman–Crippen MR) is 69.4 cm³/mol. The molecule has 3 rings (SSSR count). The van der Waals surface area contributed by atoms with Crippen LogP contribution in [0.5, 0.6) is 5.75 Å². The summed E-state index contributed by atoms with van der Waals surface area (Å²) in [6, 6.07) is 18.6. The number of hydrogen-bond donors (Lipinski definition) is 0. The van der Waals surface area contributed by atoms with Crippen LogP contribution in [0.2, 0.25) is 0 Å². The number of fused-ring (bicyclic) bond motifs is 1. The highest BCUT2D eigenvalue weighted by atomic mass is 16.5. The average molecular weight is 223 g/mol. The van der Waals surface area contributed by atoms with Gasteiger partial charge < -0.3 is 9.14 Å². The Hall–Kier alpha value is -2.22. The van der Waals surface area contributed by atoms with Crippen LogP contribution in [0.3, 0.4) is 0 Å². The molecule has 0 atom stereocenters. The summed E-state index contributed by atoms with van der Waals surface area (Å²) in [6.45, 7) is 0. The molecule has 2 heterocycles. The van der Waals surface area contributed by atoms with Crippen LogP contribution >= 0.6 is 0 Å². The van der Waals surface area contributed by atoms with Crippen molar-refractivity contribution in [3.8, 4) is 17.0 Å². The molecule has 1 aromatic carbocycles. The number of hydrogen-bond acceptors (Lipinski definition) is 1. The molecular weight excluding hydrogens is 210 g/mol. The lowest BCUT2D eigenvalue weighted by Gasteiger charge is -2.07. The maximum absolute atomic E-state index is 5.17. The topological polar surface area (TPSA) is 13.6 Å². The first-order valence-corrected chi connectivity index (χ1v) is 5.59. The summed E-state index contributed by atoms with van der Waals surface area (Å²) in [7, 11) is 1.68. The van der Waals surface area contributed by atoms with Crippen molar-refractivity contribution in [3.63, 3.8) is 0 Å². The molecule has 0 amide bonds. The molecule has 17 heavy (non-hydrogen) atoms. The molecule has 0 radical (unpaired) electrons. The third-order valence-corrected chi connectivity index (χ3v) is 2.95. The number of rotatable bonds is 2. The van der Waals surface area contributed by atoms with E-state index in [1.54, 1.807) is 7.11 Å². The highest BCUT2D eigenvalue weighted by molar-refractivity contribution is 5.65. The normalized spacial score (nSPS) is 10.6. The summed E-state index contributed by atoms with van der Waals surface area (Å²) in [5.41, 5.74) is 3.58. The quantitative estimate of drug-likeness (QED) is 0.647. The lowest BCUT2D eigenvalue weighted by Crippen LogP contribution is -1.89. The zero-order valence-corrected chi connectivity index (χ0v) is 9.63. The first-order valence-electron chi connectivity index (χ1n) is 5.59. The maximum atomic E-state index is 5.17. The van der Waals surface area contributed by atoms with Crippen LogP contribution in [0.15, 0.2) is 60.8 Å². The van der Waals surface area contributed by atoms with Gasteiger partial charge in [0.1, 0.15) is 5.75 Å². The van der Waals surface area contributed by atoms with Gasteiger partial charge >= 0.3 is 0 Å². The summed E-state index contributed by atoms with van der Waals surface area (Å²) in [5, 5.41) is 0. The summed E-state index contributed by atoms with van der Waals surface area (Å²) >= 11 is 0. The first-order chi connectivity index (χ1) is 8.38. The molecule has 2 nitrogen and oxygen atoms in total. The van der Waals surface area contributed by atoms with Crippen molar-refractivity contribution in [2.45, 2.75) is 0 Å². The Bertz CT molecular complexity index is 637. The third-order valence-electron chi connectivity index (χ3n) is 2.95. The SMILES string of the molecule is COc1ccc(-c2cccc3cccn23)cc1. The van der Waals surface area contributed by atoms with Gasteiger partial charge in [0.25, 0.3) is 0 Å². The molecule has 0 aliphatic heterocycles. The molecule has 0 saturated heterocycles. The lowest BCUT2D eigenvalue weighted by molar-refractivity contribution is 0.415. The third kappa shape index (κ3) is 1.68. The molecule has 0 bridgehead atoms. The Morgan fingerprint density at radius 2 is 1.65 bits per heavy atom. The van der Waals surface area contributed by atoms with E-state index in [-0.39, 0.29) is 0 Å². The fourth-order valence-corrected chi connectivity index (χ4v) is 2.06. The van der Waals surface area contributed by atoms with E-state index < -0.39 is 0 Å². The fraction of sp³-hybridized carbons (Fsp3) is 0.0667. The van der Waals surface area contributed by atoms with E-state index in [0.717, 1.165) is 5.75 Å². The molecule has 2 heteroatoms. The standard InChI is InChI=1S/C15H13NO/c1-17-14-9-7-12(8-10-14)15-6-2-4-13-5-3-11-16(13)15/h2-11H,1H3. The summed E-state index contributed by atoms with van der Waals surface area (Å²) in [6.07, 6.45) is 2.08. The van der Waals surface area contributed by atoms with Gasteiger partial charge in [0.05, 0.1) is 12.8 Å². The van der Waals surface area contributed by atoms with E-state index in [1.165, 1.54) is 16.8 Å². The van der Waals surface area contributed by atoms with Gasteiger partial charge in [0, 0.05) is 11.7 Å². The second kappa shape index (κ2) is 3.98. The monoisotopic (exact) mass is 223 g/mol. The van der Waals surface area contributed by atoms with Crippen LogP contribution in [-0.4, -0.2) is 11.5 Å². The minimum atomic E-state index is 0.883. The van der Waals surface area contributed by atoms with Crippen LogP contribution in [-0.2, 0) is 0 Å². The van der Waals surface area contributed by atoms with Crippen molar-refractivity contribution in [3.05, 3.63) is 60.8 Å². The summed E-state index contributed by atoms with van der Waals surface area (Å²) in [4.78, 5) is 0. The molecule has 0 aliphatic carbocycles. The van der Waals surface area contributed by atoms with Gasteiger partial charge in [-0.2, -0.15) is 0 Å². The Labute approximate surface area is 100 Å². The van der Waals surface area contributed by atoms with Gasteiger partial charge in [-0.05, 0) is 54.1 Å². The first kappa shape index (κ1) is 9.97. The van der Waals surface area contributed by atoms with Gasteiger partial charge in [-0.15, -0.1) is 0 Å². The average Bonchev–Trinajstić information content (AvgIpc) is 2.87. The van der Waals surface area contributed by atoms with Crippen LogP contribution < -0.4 is 4.74 Å². The Balaban J connectivity index is 2.16. The number of benzene rings is 1. The zero-order chi connectivity index (χ0) is 11.7. The minimum Gasteiger partial charge on any atom is -0.497 e. The fourth-order valence-electron chi connectivity index (χ4n) is 2.06. The van der Waals surface area contributed by atoms with Crippen molar-refractivity contribution in [2.75, 3.05) is 7.11 Å². The molecule has 0 unspecified atom stereocenters. The van der Waals surface area contributed by atoms with Gasteiger partial charge in [0.2, 0.25) is 0 Å². The highest BCUT2D eigenvalue weighted by Crippen LogP contribution is 2.23. The van der Waals surface area contributed by atoms with Crippen molar-refractivity contribution in [1.29, 1.82) is 0 Å². The van der Waals surface area contributed by atoms with E-state index >= 15 is 0 Å². The molecule has 0 saturated carbocycles. The van der Waals surface area contributed by atoms with Crippen LogP contribution in [0.25, 0.3) is 16.8 Å². The number of methoxy groups -OCH3 is 1. The number of ether oxygens (including phenoxy) is 1. The minimum absolute atomic E-state index is 0.883. The van der Waals surface area contributed by atoms with Crippen molar-refractivity contribution >= 4 is 5.52 Å². The molecule has 0 spiro atoms. The van der Waals surface area contributed by atoms with E-state index in [2.05, 4.69) is 53.1 Å². The van der Waals surface area contributed by atoms with Gasteiger partial charge in [-0.3, -0.25) is 0 Å². The number of nitrogens with zero attached hydrogens (tertiary/aromatic N) is 1. The molecule has 3 aromatic rings. The second-order valence-electron chi connectivity index (χ2n) is 3.94. The van der Waals surface area contributed by atoms with Crippen LogP contribution in [0.4, 0.5) is 0 Å². The van der Waals surface area contributed by atoms with Gasteiger partial charge in [0.15, 0.2) is 0 Å². The van der Waals surface area contributed by atoms with E-state index in [4.69, 9.17) is 4.74 Å². The molecule has 0 fully saturated rings. The van der Waals surface area contributed by atoms with Gasteiger partial charge in [-0.1, -0.05) is 6.07 Å². The molecule has 0 aliphatic rings. The molecular formula is C15H13NO. The maximum Gasteiger partial charge on any atom is 0.118 e. The number of pyridine rings is 1. The summed E-state index contributed by atoms with van der Waals surface area (Å²) < 4.78 is 7.35. The molecule has 0 N–H and O–H groups in total. The zero-order valence-electron chi connectivity index (χ0n) is 9.63. The highest BCUT2D eigenvalue weighted by Gasteiger charge is 2.02. The van der Waals surface area contributed by atoms with Crippen LogP contribution in [0.1, 0.15) is 0 Å². The largest absolute Gasteiger partial charge is 0.497 e. The molecule has 84 valence electrons. The van der Waals surface area contributed by atoms with E-state index in [1.807, 2.05) is 12.1 Å². The number of aromatic nitrogens is 1. The van der Waals surface area contributed by atoms with Crippen LogP contribution in [0, 0.1) is 0 Å². The Kier molecular flexibility index (Phi) is 2.33. The summed E-state index contributed by atoms with van der Waals surface area (Å²) in [5.74, 6) is 0.883. The van der Waals surface area contributed by atoms with Crippen molar-refractivity contribution in [2.24, 2.45) is 0 Å². The molecule has 2 aromatic heterocycles. The second-order valence-corrected chi connectivity index (χ2v) is 3.94. The smallest absolute Gasteiger partial charge is 0.118 e. The Morgan fingerprint density at radius 1 is 0.882 bits per heavy atom. The van der Waals surface area contributed by atoms with E-state index in [0.29, 0.717) is 0 Å². The Morgan fingerprint density at radius 3 is 2.41 bits per heavy atom. The van der Waals surface area contributed by atoms with Gasteiger partial charge in [-0.25, -0.2) is 0 Å². The lowest BCUT2D eigenvalue weighted by atomic mass is 10.1. The predicted octanol–water partition coefficient (Wildman–Crippen LogP) is 3.61. The van der Waals surface area contributed by atoms with Crippen molar-refractivity contribution < 1.29 is 4.74 Å². The van der Waals surface area contributed by atoms with E-state index in [9.17, 15) is 0 Å². The van der Waals surface area contributed by atoms with Crippen molar-refractivity contribution in [1.82, 2.24) is 4.40 Å².